The molecule has 0 bridgehead atoms. The number of anilines is 3. The lowest BCUT2D eigenvalue weighted by Gasteiger charge is -2.40. The first-order valence-corrected chi connectivity index (χ1v) is 29.5. The zero-order chi connectivity index (χ0) is 57.0. The molecule has 0 radical (unpaired) electrons. The highest BCUT2D eigenvalue weighted by molar-refractivity contribution is 6.10. The van der Waals surface area contributed by atoms with Crippen molar-refractivity contribution in [2.45, 2.75) is 89.1 Å². The van der Waals surface area contributed by atoms with E-state index in [2.05, 4.69) is 267 Å². The minimum absolute atomic E-state index is 0.250. The number of rotatable bonds is 19. The Morgan fingerprint density at radius 1 is 0.506 bits per heavy atom. The van der Waals surface area contributed by atoms with Crippen molar-refractivity contribution in [3.05, 3.63) is 298 Å². The van der Waals surface area contributed by atoms with Crippen molar-refractivity contribution in [3.8, 4) is 34.1 Å². The van der Waals surface area contributed by atoms with Crippen molar-refractivity contribution in [1.82, 2.24) is 0 Å². The summed E-state index contributed by atoms with van der Waals surface area (Å²) in [6.45, 7) is 4.58. The van der Waals surface area contributed by atoms with Gasteiger partial charge in [-0.25, -0.2) is 0 Å². The second-order valence-electron chi connectivity index (χ2n) is 21.8. The zero-order valence-electron chi connectivity index (χ0n) is 47.4. The van der Waals surface area contributed by atoms with Gasteiger partial charge in [0.2, 0.25) is 0 Å². The van der Waals surface area contributed by atoms with Gasteiger partial charge in [-0.1, -0.05) is 253 Å². The van der Waals surface area contributed by atoms with Crippen molar-refractivity contribution in [1.29, 1.82) is 5.26 Å². The standard InChI is InChI=1S/C77H68N2O.CO2/c1-3-5-7-12-23-56-36-44-63(45-37-56)77(64-46-38-57(39-47-64)24-13-8-6-4-2)72-55-67(79(65-28-16-10-17-29-65)66-30-18-11-19-31-66)50-51-70(72)73-68-32-20-21-33-69(68)75-71(74(73)77)52-53-76(80-75,61-26-14-9-15-27-61)62-48-42-60(43-49-62)59-40-34-58(35-41-59)25-22-54-78;2-1-3/h9-11,14-22,25-53,55H,3-8,12-13,23-24H2,1-2H3;/b25-22-;. The van der Waals surface area contributed by atoms with Gasteiger partial charge in [0.25, 0.3) is 0 Å². The molecule has 1 aliphatic heterocycles. The number of hydrogen-bond acceptors (Lipinski definition) is 5. The number of hydrogen-bond donors (Lipinski definition) is 0. The first-order chi connectivity index (χ1) is 40.9. The van der Waals surface area contributed by atoms with Crippen molar-refractivity contribution < 1.29 is 14.3 Å². The number of ether oxygens (including phenoxy) is 1. The highest BCUT2D eigenvalue weighted by atomic mass is 16.5. The minimum Gasteiger partial charge on any atom is -0.472 e. The number of unbranched alkanes of at least 4 members (excludes halogenated alkanes) is 6. The molecular formula is C78H68N2O3. The van der Waals surface area contributed by atoms with Gasteiger partial charge in [-0.3, -0.25) is 0 Å². The second-order valence-corrected chi connectivity index (χ2v) is 21.8. The van der Waals surface area contributed by atoms with Crippen LogP contribution in [0.1, 0.15) is 121 Å². The molecule has 0 saturated carbocycles. The van der Waals surface area contributed by atoms with Crippen LogP contribution in [-0.2, 0) is 33.4 Å². The summed E-state index contributed by atoms with van der Waals surface area (Å²) in [6, 6.07) is 87.4. The summed E-state index contributed by atoms with van der Waals surface area (Å²) in [5.74, 6) is 0.878. The van der Waals surface area contributed by atoms with E-state index in [9.17, 15) is 0 Å². The average molecular weight is 1080 g/mol. The van der Waals surface area contributed by atoms with E-state index in [1.54, 1.807) is 0 Å². The van der Waals surface area contributed by atoms with Crippen LogP contribution < -0.4 is 9.64 Å². The molecule has 0 aromatic heterocycles. The SMILES string of the molecule is CCCCCCc1ccc(C2(c3ccc(CCCCCC)cc3)c3cc(N(c4ccccc4)c4ccccc4)ccc3-c3c2c2c(c4ccccc34)OC(c3ccccc3)(c3ccc(-c4ccc(/C=C\C#N)cc4)cc3)C=C2)cc1.O=C=O. The first-order valence-electron chi connectivity index (χ1n) is 29.5. The summed E-state index contributed by atoms with van der Waals surface area (Å²) in [6.07, 6.45) is 20.3. The Kier molecular flexibility index (Phi) is 17.0. The summed E-state index contributed by atoms with van der Waals surface area (Å²) in [5, 5.41) is 11.4. The molecule has 1 heterocycles. The largest absolute Gasteiger partial charge is 0.472 e. The third-order valence-electron chi connectivity index (χ3n) is 16.8. The topological polar surface area (TPSA) is 70.4 Å². The van der Waals surface area contributed by atoms with E-state index in [4.69, 9.17) is 19.6 Å². The maximum Gasteiger partial charge on any atom is 0.373 e. The monoisotopic (exact) mass is 1080 g/mol. The van der Waals surface area contributed by atoms with Crippen LogP contribution in [0.2, 0.25) is 0 Å². The van der Waals surface area contributed by atoms with Gasteiger partial charge in [-0.05, 0) is 141 Å². The lowest BCUT2D eigenvalue weighted by atomic mass is 9.65. The van der Waals surface area contributed by atoms with E-state index in [-0.39, 0.29) is 6.15 Å². The second kappa shape index (κ2) is 25.5. The molecule has 0 fully saturated rings. The van der Waals surface area contributed by atoms with Crippen LogP contribution >= 0.6 is 0 Å². The highest BCUT2D eigenvalue weighted by Gasteiger charge is 2.51. The van der Waals surface area contributed by atoms with Crippen LogP contribution in [0.25, 0.3) is 45.2 Å². The van der Waals surface area contributed by atoms with E-state index in [0.29, 0.717) is 0 Å². The van der Waals surface area contributed by atoms with Gasteiger partial charge in [-0.2, -0.15) is 14.9 Å². The number of benzene rings is 10. The van der Waals surface area contributed by atoms with E-state index in [0.717, 1.165) is 74.4 Å². The zero-order valence-corrected chi connectivity index (χ0v) is 47.4. The average Bonchev–Trinajstić information content (AvgIpc) is 2.04. The van der Waals surface area contributed by atoms with Crippen LogP contribution in [0.4, 0.5) is 17.1 Å². The molecular weight excluding hydrogens is 1010 g/mol. The summed E-state index contributed by atoms with van der Waals surface area (Å²) < 4.78 is 8.01. The van der Waals surface area contributed by atoms with Crippen LogP contribution in [0.5, 0.6) is 5.75 Å². The molecule has 12 rings (SSSR count). The Morgan fingerprint density at radius 2 is 1.00 bits per heavy atom. The lowest BCUT2D eigenvalue weighted by molar-refractivity contribution is -0.191. The molecule has 408 valence electrons. The van der Waals surface area contributed by atoms with Gasteiger partial charge in [0, 0.05) is 45.2 Å². The number of para-hydroxylation sites is 2. The molecule has 1 aliphatic carbocycles. The van der Waals surface area contributed by atoms with Crippen molar-refractivity contribution in [2.75, 3.05) is 4.90 Å². The van der Waals surface area contributed by atoms with Crippen molar-refractivity contribution in [3.63, 3.8) is 0 Å². The Balaban J connectivity index is 0.00000235. The fraction of sp³-hybridized carbons (Fsp3) is 0.179. The molecule has 0 saturated heterocycles. The Labute approximate surface area is 489 Å². The Hall–Kier alpha value is -9.59. The molecule has 10 aromatic carbocycles. The lowest BCUT2D eigenvalue weighted by Crippen LogP contribution is -2.36. The fourth-order valence-electron chi connectivity index (χ4n) is 12.8. The highest BCUT2D eigenvalue weighted by Crippen LogP contribution is 2.63. The quantitative estimate of drug-likeness (QED) is 0.0596. The van der Waals surface area contributed by atoms with Crippen molar-refractivity contribution in [2.24, 2.45) is 0 Å². The number of nitriles is 1. The van der Waals surface area contributed by atoms with E-state index >= 15 is 0 Å². The van der Waals surface area contributed by atoms with Gasteiger partial charge in [0.1, 0.15) is 5.75 Å². The maximum atomic E-state index is 9.12. The first kappa shape index (κ1) is 55.3. The van der Waals surface area contributed by atoms with E-state index < -0.39 is 11.0 Å². The van der Waals surface area contributed by atoms with Gasteiger partial charge >= 0.3 is 6.15 Å². The summed E-state index contributed by atoms with van der Waals surface area (Å²) in [5.41, 5.74) is 18.2. The Bertz CT molecular complexity index is 3870. The molecule has 5 nitrogen and oxygen atoms in total. The minimum atomic E-state index is -0.957. The molecule has 0 spiro atoms. The van der Waals surface area contributed by atoms with Crippen LogP contribution in [0.15, 0.2) is 243 Å². The van der Waals surface area contributed by atoms with Gasteiger partial charge in [-0.15, -0.1) is 0 Å². The third kappa shape index (κ3) is 10.9. The molecule has 5 heteroatoms. The van der Waals surface area contributed by atoms with E-state index in [1.807, 2.05) is 6.08 Å². The number of carbonyl (C=O) groups excluding carboxylic acids is 2. The number of allylic oxidation sites excluding steroid dienone is 1. The molecule has 0 amide bonds. The summed E-state index contributed by atoms with van der Waals surface area (Å²) in [4.78, 5) is 18.7. The number of aryl methyl sites for hydroxylation is 2. The number of nitrogens with zero attached hydrogens (tertiary/aromatic N) is 2. The summed E-state index contributed by atoms with van der Waals surface area (Å²) in [7, 11) is 0. The predicted molar refractivity (Wildman–Crippen MR) is 340 cm³/mol. The molecule has 2 aliphatic rings. The molecule has 1 unspecified atom stereocenters. The molecule has 83 heavy (non-hydrogen) atoms. The third-order valence-corrected chi connectivity index (χ3v) is 16.8. The molecule has 1 atom stereocenters. The van der Waals surface area contributed by atoms with Crippen molar-refractivity contribution >= 4 is 46.1 Å². The van der Waals surface area contributed by atoms with Crippen LogP contribution in [0, 0.1) is 11.3 Å². The maximum absolute atomic E-state index is 9.12. The predicted octanol–water partition coefficient (Wildman–Crippen LogP) is 19.9. The Morgan fingerprint density at radius 3 is 1.54 bits per heavy atom. The molecule has 10 aromatic rings. The fourth-order valence-corrected chi connectivity index (χ4v) is 12.8. The van der Waals surface area contributed by atoms with Gasteiger partial charge in [0.05, 0.1) is 11.5 Å². The molecule has 0 N–H and O–H groups in total. The number of fused-ring (bicyclic) bond motifs is 8. The van der Waals surface area contributed by atoms with Crippen LogP contribution in [0.3, 0.4) is 0 Å². The smallest absolute Gasteiger partial charge is 0.373 e. The van der Waals surface area contributed by atoms with Gasteiger partial charge in [0.15, 0.2) is 5.60 Å². The summed E-state index contributed by atoms with van der Waals surface area (Å²) >= 11 is 0. The van der Waals surface area contributed by atoms with E-state index in [1.165, 1.54) is 107 Å². The normalized spacial score (nSPS) is 14.3. The van der Waals surface area contributed by atoms with Crippen LogP contribution in [-0.4, -0.2) is 6.15 Å². The van der Waals surface area contributed by atoms with Gasteiger partial charge < -0.3 is 9.64 Å².